The minimum absolute atomic E-state index is 0.0223. The van der Waals surface area contributed by atoms with E-state index in [1.807, 2.05) is 0 Å². The molecular weight excluding hydrogens is 299 g/mol. The number of rotatable bonds is 3. The van der Waals surface area contributed by atoms with Crippen LogP contribution in [0.3, 0.4) is 0 Å². The van der Waals surface area contributed by atoms with Gasteiger partial charge < -0.3 is 5.32 Å². The lowest BCUT2D eigenvalue weighted by atomic mass is 10.2. The third-order valence-electron chi connectivity index (χ3n) is 2.40. The molecule has 1 heterocycles. The largest absolute Gasteiger partial charge is 0.322 e. The summed E-state index contributed by atoms with van der Waals surface area (Å²) in [5, 5.41) is 1.50. The molecule has 18 heavy (non-hydrogen) atoms. The van der Waals surface area contributed by atoms with Crippen LogP contribution in [0.4, 0.5) is 5.69 Å². The molecule has 0 bridgehead atoms. The van der Waals surface area contributed by atoms with Crippen LogP contribution in [0.1, 0.15) is 12.5 Å². The highest BCUT2D eigenvalue weighted by Gasteiger charge is 2.24. The van der Waals surface area contributed by atoms with Crippen molar-refractivity contribution in [2.24, 2.45) is 0 Å². The highest BCUT2D eigenvalue weighted by Crippen LogP contribution is 2.26. The van der Waals surface area contributed by atoms with Crippen molar-refractivity contribution in [2.75, 3.05) is 11.6 Å². The van der Waals surface area contributed by atoms with Crippen LogP contribution in [0, 0.1) is 6.92 Å². The predicted molar refractivity (Wildman–Crippen MR) is 71.9 cm³/mol. The first kappa shape index (κ1) is 15.2. The second kappa shape index (κ2) is 5.42. The van der Waals surface area contributed by atoms with Crippen LogP contribution in [0.5, 0.6) is 0 Å². The number of nitrogens with one attached hydrogen (secondary N) is 1. The normalized spacial score (nSPS) is 13.2. The summed E-state index contributed by atoms with van der Waals surface area (Å²) in [6.45, 7) is 2.98. The van der Waals surface area contributed by atoms with Crippen molar-refractivity contribution in [2.45, 2.75) is 19.1 Å². The van der Waals surface area contributed by atoms with E-state index in [4.69, 9.17) is 23.2 Å². The maximum atomic E-state index is 11.7. The number of carbonyl (C=O) groups is 1. The zero-order valence-corrected chi connectivity index (χ0v) is 12.3. The Kier molecular flexibility index (Phi) is 4.58. The molecule has 0 spiro atoms. The fourth-order valence-corrected chi connectivity index (χ4v) is 2.19. The van der Waals surface area contributed by atoms with Gasteiger partial charge in [-0.3, -0.25) is 4.79 Å². The Labute approximate surface area is 115 Å². The summed E-state index contributed by atoms with van der Waals surface area (Å²) in [5.74, 6) is -0.661. The van der Waals surface area contributed by atoms with Crippen LogP contribution in [-0.4, -0.2) is 30.8 Å². The molecule has 0 aliphatic heterocycles. The molecule has 0 saturated heterocycles. The number of pyridine rings is 1. The molecule has 0 aliphatic rings. The van der Waals surface area contributed by atoms with Crippen molar-refractivity contribution in [3.05, 3.63) is 21.9 Å². The van der Waals surface area contributed by atoms with E-state index in [9.17, 15) is 13.2 Å². The molecule has 0 aromatic carbocycles. The van der Waals surface area contributed by atoms with E-state index >= 15 is 0 Å². The predicted octanol–water partition coefficient (Wildman–Crippen LogP) is 2.07. The Morgan fingerprint density at radius 2 is 2.00 bits per heavy atom. The first-order chi connectivity index (χ1) is 8.12. The number of aromatic nitrogens is 1. The fraction of sp³-hybridized carbons (Fsp3) is 0.400. The van der Waals surface area contributed by atoms with Gasteiger partial charge in [-0.2, -0.15) is 0 Å². The number of nitrogens with zero attached hydrogens (tertiary/aromatic N) is 1. The van der Waals surface area contributed by atoms with Crippen molar-refractivity contribution in [3.8, 4) is 0 Å². The first-order valence-corrected chi connectivity index (χ1v) is 7.66. The number of hydrogen-bond donors (Lipinski definition) is 1. The Morgan fingerprint density at radius 3 is 2.44 bits per heavy atom. The molecule has 1 N–H and O–H groups in total. The van der Waals surface area contributed by atoms with Gasteiger partial charge in [-0.05, 0) is 25.5 Å². The van der Waals surface area contributed by atoms with Gasteiger partial charge >= 0.3 is 0 Å². The Hall–Kier alpha value is -0.850. The van der Waals surface area contributed by atoms with E-state index in [-0.39, 0.29) is 16.0 Å². The average molecular weight is 311 g/mol. The molecule has 8 heteroatoms. The quantitative estimate of drug-likeness (QED) is 0.867. The smallest absolute Gasteiger partial charge is 0.242 e. The second-order valence-corrected chi connectivity index (χ2v) is 7.00. The van der Waals surface area contributed by atoms with Crippen molar-refractivity contribution in [3.63, 3.8) is 0 Å². The topological polar surface area (TPSA) is 76.1 Å². The van der Waals surface area contributed by atoms with Crippen LogP contribution in [0.25, 0.3) is 0 Å². The lowest BCUT2D eigenvalue weighted by Crippen LogP contribution is -2.32. The van der Waals surface area contributed by atoms with Crippen molar-refractivity contribution < 1.29 is 13.2 Å². The van der Waals surface area contributed by atoms with Gasteiger partial charge in [0, 0.05) is 6.26 Å². The Morgan fingerprint density at radius 1 is 1.44 bits per heavy atom. The number of sulfone groups is 1. The van der Waals surface area contributed by atoms with E-state index in [0.29, 0.717) is 5.56 Å². The van der Waals surface area contributed by atoms with Crippen LogP contribution >= 0.6 is 23.2 Å². The molecule has 0 radical (unpaired) electrons. The molecule has 1 aromatic heterocycles. The zero-order chi connectivity index (χ0) is 14.1. The summed E-state index contributed by atoms with van der Waals surface area (Å²) in [6, 6.07) is 1.52. The highest BCUT2D eigenvalue weighted by atomic mass is 35.5. The summed E-state index contributed by atoms with van der Waals surface area (Å²) in [4.78, 5) is 15.5. The average Bonchev–Trinajstić information content (AvgIpc) is 2.20. The van der Waals surface area contributed by atoms with Crippen LogP contribution in [-0.2, 0) is 14.6 Å². The second-order valence-electron chi connectivity index (χ2n) is 3.89. The number of hydrogen-bond acceptors (Lipinski definition) is 4. The van der Waals surface area contributed by atoms with Crippen molar-refractivity contribution in [1.29, 1.82) is 0 Å². The fourth-order valence-electron chi connectivity index (χ4n) is 1.16. The molecule has 0 saturated carbocycles. The van der Waals surface area contributed by atoms with Gasteiger partial charge in [0.2, 0.25) is 5.91 Å². The summed E-state index contributed by atoms with van der Waals surface area (Å²) < 4.78 is 22.5. The number of halogens is 2. The number of anilines is 1. The van der Waals surface area contributed by atoms with Gasteiger partial charge in [-0.25, -0.2) is 13.4 Å². The minimum Gasteiger partial charge on any atom is -0.322 e. The SMILES string of the molecule is Cc1cc(Cl)nc(Cl)c1NC(=O)C(C)S(C)(=O)=O. The molecule has 1 rings (SSSR count). The van der Waals surface area contributed by atoms with Crippen molar-refractivity contribution >= 4 is 44.6 Å². The third-order valence-corrected chi connectivity index (χ3v) is 4.37. The third kappa shape index (κ3) is 3.57. The standard InChI is InChI=1S/C10H12Cl2N2O3S/c1-5-4-7(11)13-9(12)8(5)14-10(15)6(2)18(3,16)17/h4,6H,1-3H3,(H,14,15). The molecule has 1 amide bonds. The lowest BCUT2D eigenvalue weighted by molar-refractivity contribution is -0.115. The van der Waals surface area contributed by atoms with Gasteiger partial charge in [0.1, 0.15) is 10.4 Å². The molecule has 5 nitrogen and oxygen atoms in total. The number of aryl methyl sites for hydroxylation is 1. The van der Waals surface area contributed by atoms with Gasteiger partial charge in [-0.1, -0.05) is 23.2 Å². The summed E-state index contributed by atoms with van der Waals surface area (Å²) in [7, 11) is -3.46. The van der Waals surface area contributed by atoms with Gasteiger partial charge in [-0.15, -0.1) is 0 Å². The molecule has 1 aromatic rings. The highest BCUT2D eigenvalue weighted by molar-refractivity contribution is 7.92. The monoisotopic (exact) mass is 310 g/mol. The van der Waals surface area contributed by atoms with Gasteiger partial charge in [0.05, 0.1) is 5.69 Å². The lowest BCUT2D eigenvalue weighted by Gasteiger charge is -2.13. The minimum atomic E-state index is -3.46. The van der Waals surface area contributed by atoms with E-state index in [1.165, 1.54) is 13.0 Å². The molecule has 0 fully saturated rings. The number of amides is 1. The van der Waals surface area contributed by atoms with Gasteiger partial charge in [0.15, 0.2) is 15.0 Å². The summed E-state index contributed by atoms with van der Waals surface area (Å²) in [6.07, 6.45) is 0.992. The Balaban J connectivity index is 3.03. The molecule has 1 unspecified atom stereocenters. The van der Waals surface area contributed by atoms with E-state index in [1.54, 1.807) is 6.92 Å². The molecule has 1 atom stereocenters. The molecular formula is C10H12Cl2N2O3S. The molecule has 0 aliphatic carbocycles. The van der Waals surface area contributed by atoms with Crippen LogP contribution in [0.2, 0.25) is 10.3 Å². The maximum absolute atomic E-state index is 11.7. The first-order valence-electron chi connectivity index (χ1n) is 4.95. The summed E-state index contributed by atoms with van der Waals surface area (Å²) in [5.41, 5.74) is 0.871. The zero-order valence-electron chi connectivity index (χ0n) is 9.99. The maximum Gasteiger partial charge on any atom is 0.242 e. The summed E-state index contributed by atoms with van der Waals surface area (Å²) >= 11 is 11.5. The van der Waals surface area contributed by atoms with Crippen LogP contribution in [0.15, 0.2) is 6.07 Å². The van der Waals surface area contributed by atoms with Crippen LogP contribution < -0.4 is 5.32 Å². The van der Waals surface area contributed by atoms with E-state index in [0.717, 1.165) is 6.26 Å². The van der Waals surface area contributed by atoms with E-state index in [2.05, 4.69) is 10.3 Å². The molecule has 100 valence electrons. The van der Waals surface area contributed by atoms with E-state index < -0.39 is 21.0 Å². The number of carbonyl (C=O) groups excluding carboxylic acids is 1. The Bertz CT molecular complexity index is 564. The van der Waals surface area contributed by atoms with Crippen molar-refractivity contribution in [1.82, 2.24) is 4.98 Å². The van der Waals surface area contributed by atoms with Gasteiger partial charge in [0.25, 0.3) is 0 Å².